The third-order valence-electron chi connectivity index (χ3n) is 4.38. The molecule has 4 rings (SSSR count). The first-order chi connectivity index (χ1) is 13.5. The summed E-state index contributed by atoms with van der Waals surface area (Å²) < 4.78 is 32.6. The van der Waals surface area contributed by atoms with Gasteiger partial charge in [0.1, 0.15) is 0 Å². The van der Waals surface area contributed by atoms with Crippen LogP contribution in [0.3, 0.4) is 0 Å². The predicted molar refractivity (Wildman–Crippen MR) is 107 cm³/mol. The number of hydrogen-bond donors (Lipinski definition) is 2. The van der Waals surface area contributed by atoms with E-state index in [1.165, 1.54) is 28.6 Å². The molecule has 2 N–H and O–H groups in total. The van der Waals surface area contributed by atoms with Crippen LogP contribution in [0.4, 0.5) is 14.5 Å². The van der Waals surface area contributed by atoms with Crippen molar-refractivity contribution in [2.75, 3.05) is 5.32 Å². The molecule has 0 atom stereocenters. The molecule has 1 aromatic heterocycles. The summed E-state index contributed by atoms with van der Waals surface area (Å²) in [5, 5.41) is 3.14. The van der Waals surface area contributed by atoms with Gasteiger partial charge in [-0.25, -0.2) is 13.8 Å². The summed E-state index contributed by atoms with van der Waals surface area (Å²) in [5.41, 5.74) is 1.78. The zero-order valence-electron chi connectivity index (χ0n) is 14.9. The minimum atomic E-state index is -0.898. The summed E-state index contributed by atoms with van der Waals surface area (Å²) in [6, 6.07) is 13.0. The van der Waals surface area contributed by atoms with Crippen molar-refractivity contribution < 1.29 is 8.78 Å². The van der Waals surface area contributed by atoms with Crippen LogP contribution >= 0.6 is 11.9 Å². The lowest BCUT2D eigenvalue weighted by Gasteiger charge is -2.23. The fourth-order valence-corrected chi connectivity index (χ4v) is 3.67. The molecule has 1 aliphatic rings. The number of guanidine groups is 1. The number of rotatable bonds is 3. The van der Waals surface area contributed by atoms with Gasteiger partial charge in [0.05, 0.1) is 17.1 Å². The number of para-hydroxylation sites is 1. The minimum Gasteiger partial charge on any atom is -0.324 e. The Balaban J connectivity index is 1.67. The maximum Gasteiger partial charge on any atom is 0.255 e. The second-order valence-corrected chi connectivity index (χ2v) is 7.07. The third-order valence-corrected chi connectivity index (χ3v) is 5.23. The molecule has 0 spiro atoms. The van der Waals surface area contributed by atoms with E-state index in [4.69, 9.17) is 0 Å². The van der Waals surface area contributed by atoms with E-state index in [9.17, 15) is 13.6 Å². The van der Waals surface area contributed by atoms with Gasteiger partial charge in [-0.1, -0.05) is 30.3 Å². The van der Waals surface area contributed by atoms with Gasteiger partial charge in [0.2, 0.25) is 5.96 Å². The number of aromatic nitrogens is 1. The zero-order valence-corrected chi connectivity index (χ0v) is 15.7. The van der Waals surface area contributed by atoms with Gasteiger partial charge >= 0.3 is 0 Å². The predicted octanol–water partition coefficient (Wildman–Crippen LogP) is 3.91. The molecule has 2 aromatic carbocycles. The average molecular weight is 398 g/mol. The molecular weight excluding hydrogens is 382 g/mol. The van der Waals surface area contributed by atoms with Crippen LogP contribution in [0, 0.1) is 11.6 Å². The van der Waals surface area contributed by atoms with E-state index in [1.807, 2.05) is 6.07 Å². The zero-order chi connectivity index (χ0) is 19.7. The van der Waals surface area contributed by atoms with Gasteiger partial charge < -0.3 is 9.88 Å². The van der Waals surface area contributed by atoms with Crippen LogP contribution in [0.5, 0.6) is 0 Å². The Morgan fingerprint density at radius 1 is 1.07 bits per heavy atom. The van der Waals surface area contributed by atoms with Gasteiger partial charge in [-0.15, -0.1) is 0 Å². The summed E-state index contributed by atoms with van der Waals surface area (Å²) in [6.45, 7) is 0.190. The number of nitrogens with one attached hydrogen (secondary N) is 2. The largest absolute Gasteiger partial charge is 0.324 e. The summed E-state index contributed by atoms with van der Waals surface area (Å²) in [5.74, 6) is -1.36. The summed E-state index contributed by atoms with van der Waals surface area (Å²) in [4.78, 5) is 17.4. The van der Waals surface area contributed by atoms with Crippen LogP contribution in [0.2, 0.25) is 0 Å². The quantitative estimate of drug-likeness (QED) is 0.657. The molecule has 0 unspecified atom stereocenters. The standard InChI is InChI=1S/C20H16F2N4OS/c1-26-10-4-5-12(19(26)27)11-23-20-24-18-14(7-3-9-16(18)28-25-20)13-6-2-8-15(21)17(13)22/h2-10H,11H2,1H3,(H2,23,24,25). The highest BCUT2D eigenvalue weighted by Gasteiger charge is 2.20. The molecular formula is C20H16F2N4OS. The Morgan fingerprint density at radius 3 is 2.71 bits per heavy atom. The topological polar surface area (TPSA) is 58.4 Å². The molecule has 0 amide bonds. The number of aliphatic imine (C=N–C) groups is 1. The maximum atomic E-state index is 14.3. The molecule has 142 valence electrons. The van der Waals surface area contributed by atoms with Crippen molar-refractivity contribution in [1.29, 1.82) is 0 Å². The average Bonchev–Trinajstić information content (AvgIpc) is 2.71. The van der Waals surface area contributed by atoms with Crippen molar-refractivity contribution in [3.63, 3.8) is 0 Å². The van der Waals surface area contributed by atoms with Gasteiger partial charge in [0.15, 0.2) is 11.6 Å². The number of pyridine rings is 1. The number of benzene rings is 2. The van der Waals surface area contributed by atoms with Crippen molar-refractivity contribution in [2.45, 2.75) is 11.4 Å². The van der Waals surface area contributed by atoms with E-state index in [2.05, 4.69) is 15.0 Å². The Hall–Kier alpha value is -3.13. The molecule has 8 heteroatoms. The number of aryl methyl sites for hydroxylation is 1. The summed E-state index contributed by atoms with van der Waals surface area (Å²) in [6.07, 6.45) is 1.68. The van der Waals surface area contributed by atoms with Crippen molar-refractivity contribution in [3.05, 3.63) is 82.3 Å². The lowest BCUT2D eigenvalue weighted by Crippen LogP contribution is -2.30. The Morgan fingerprint density at radius 2 is 1.86 bits per heavy atom. The van der Waals surface area contributed by atoms with E-state index in [0.717, 1.165) is 11.0 Å². The Bertz CT molecular complexity index is 1140. The van der Waals surface area contributed by atoms with Gasteiger partial charge in [-0.3, -0.25) is 9.52 Å². The first kappa shape index (κ1) is 18.2. The second kappa shape index (κ2) is 7.47. The third kappa shape index (κ3) is 3.38. The van der Waals surface area contributed by atoms with E-state index < -0.39 is 11.6 Å². The fraction of sp³-hybridized carbons (Fsp3) is 0.100. The highest BCUT2D eigenvalue weighted by molar-refractivity contribution is 7.98. The molecule has 0 saturated carbocycles. The molecule has 0 radical (unpaired) electrons. The number of nitrogens with zero attached hydrogens (tertiary/aromatic N) is 2. The number of anilines is 1. The maximum absolute atomic E-state index is 14.3. The highest BCUT2D eigenvalue weighted by Crippen LogP contribution is 2.39. The highest BCUT2D eigenvalue weighted by atomic mass is 32.2. The van der Waals surface area contributed by atoms with Crippen molar-refractivity contribution >= 4 is 23.6 Å². The number of halogens is 2. The molecule has 28 heavy (non-hydrogen) atoms. The SMILES string of the molecule is Cn1cccc(CN=C2NSc3cccc(-c4cccc(F)c4F)c3N2)c1=O. The van der Waals surface area contributed by atoms with Crippen molar-refractivity contribution in [2.24, 2.45) is 12.0 Å². The van der Waals surface area contributed by atoms with E-state index in [0.29, 0.717) is 22.8 Å². The molecule has 0 saturated heterocycles. The van der Waals surface area contributed by atoms with E-state index in [-0.39, 0.29) is 17.7 Å². The molecule has 0 fully saturated rings. The van der Waals surface area contributed by atoms with Crippen LogP contribution in [0.25, 0.3) is 11.1 Å². The van der Waals surface area contributed by atoms with Crippen LogP contribution in [-0.4, -0.2) is 10.5 Å². The number of fused-ring (bicyclic) bond motifs is 1. The summed E-state index contributed by atoms with van der Waals surface area (Å²) >= 11 is 1.32. The van der Waals surface area contributed by atoms with E-state index in [1.54, 1.807) is 37.5 Å². The monoisotopic (exact) mass is 398 g/mol. The fourth-order valence-electron chi connectivity index (χ4n) is 2.94. The van der Waals surface area contributed by atoms with Gasteiger partial charge in [-0.05, 0) is 30.1 Å². The van der Waals surface area contributed by atoms with Crippen LogP contribution in [-0.2, 0) is 13.6 Å². The molecule has 3 aromatic rings. The molecule has 0 bridgehead atoms. The lowest BCUT2D eigenvalue weighted by molar-refractivity contribution is 0.511. The van der Waals surface area contributed by atoms with Crippen molar-refractivity contribution in [1.82, 2.24) is 9.29 Å². The second-order valence-electron chi connectivity index (χ2n) is 6.22. The van der Waals surface area contributed by atoms with Crippen LogP contribution in [0.1, 0.15) is 5.56 Å². The smallest absolute Gasteiger partial charge is 0.255 e. The normalized spacial score (nSPS) is 14.3. The Labute approximate surface area is 164 Å². The minimum absolute atomic E-state index is 0.113. The molecule has 5 nitrogen and oxygen atoms in total. The molecule has 0 aliphatic carbocycles. The van der Waals surface area contributed by atoms with Crippen LogP contribution < -0.4 is 15.6 Å². The van der Waals surface area contributed by atoms with Gasteiger partial charge in [-0.2, -0.15) is 0 Å². The first-order valence-electron chi connectivity index (χ1n) is 8.51. The summed E-state index contributed by atoms with van der Waals surface area (Å²) in [7, 11) is 1.68. The molecule has 1 aliphatic heterocycles. The Kier molecular flexibility index (Phi) is 4.87. The van der Waals surface area contributed by atoms with Gasteiger partial charge in [0.25, 0.3) is 5.56 Å². The first-order valence-corrected chi connectivity index (χ1v) is 9.32. The van der Waals surface area contributed by atoms with Crippen molar-refractivity contribution in [3.8, 4) is 11.1 Å². The number of hydrogen-bond acceptors (Lipinski definition) is 3. The van der Waals surface area contributed by atoms with Crippen LogP contribution in [0.15, 0.2) is 69.4 Å². The molecule has 2 heterocycles. The van der Waals surface area contributed by atoms with E-state index >= 15 is 0 Å². The lowest BCUT2D eigenvalue weighted by atomic mass is 10.0. The van der Waals surface area contributed by atoms with Gasteiger partial charge in [0, 0.05) is 29.9 Å².